The Morgan fingerprint density at radius 2 is 2.19 bits per heavy atom. The number of piperidine rings is 2. The molecule has 3 heterocycles. The van der Waals surface area contributed by atoms with E-state index in [1.807, 2.05) is 12.1 Å². The quantitative estimate of drug-likeness (QED) is 0.802. The molecule has 4 nitrogen and oxygen atoms in total. The Kier molecular flexibility index (Phi) is 2.24. The highest BCUT2D eigenvalue weighted by molar-refractivity contribution is 5.49. The third kappa shape index (κ3) is 1.45. The molecule has 0 spiro atoms. The molecule has 3 atom stereocenters. The zero-order chi connectivity index (χ0) is 11.1. The second-order valence-electron chi connectivity index (χ2n) is 4.79. The van der Waals surface area contributed by atoms with E-state index in [1.165, 1.54) is 12.1 Å². The minimum absolute atomic E-state index is 0.431. The predicted molar refractivity (Wildman–Crippen MR) is 62.6 cm³/mol. The molecule has 86 valence electrons. The summed E-state index contributed by atoms with van der Waals surface area (Å²) in [4.78, 5) is 6.52. The lowest BCUT2D eigenvalue weighted by Crippen LogP contribution is -2.62. The molecule has 3 aliphatic rings. The summed E-state index contributed by atoms with van der Waals surface area (Å²) in [7, 11) is 1.65. The van der Waals surface area contributed by atoms with Gasteiger partial charge < -0.3 is 15.4 Å². The van der Waals surface area contributed by atoms with Crippen LogP contribution in [0.4, 0.5) is 5.69 Å². The van der Waals surface area contributed by atoms with Crippen molar-refractivity contribution in [2.75, 3.05) is 25.1 Å². The Balaban J connectivity index is 1.78. The smallest absolute Gasteiger partial charge is 0.214 e. The van der Waals surface area contributed by atoms with Crippen LogP contribution < -0.4 is 15.4 Å². The van der Waals surface area contributed by atoms with E-state index < -0.39 is 0 Å². The van der Waals surface area contributed by atoms with E-state index in [-0.39, 0.29) is 0 Å². The summed E-state index contributed by atoms with van der Waals surface area (Å²) in [6.07, 6.45) is 3.11. The van der Waals surface area contributed by atoms with Gasteiger partial charge >= 0.3 is 0 Å². The summed E-state index contributed by atoms with van der Waals surface area (Å²) < 4.78 is 5.14. The number of anilines is 1. The van der Waals surface area contributed by atoms with Crippen LogP contribution in [0.2, 0.25) is 0 Å². The van der Waals surface area contributed by atoms with Gasteiger partial charge in [0.15, 0.2) is 0 Å². The van der Waals surface area contributed by atoms with Crippen molar-refractivity contribution in [2.24, 2.45) is 17.6 Å². The van der Waals surface area contributed by atoms with Gasteiger partial charge in [-0.05, 0) is 24.3 Å². The molecule has 1 aliphatic carbocycles. The number of fused-ring (bicyclic) bond motifs is 2. The van der Waals surface area contributed by atoms with Gasteiger partial charge in [0.25, 0.3) is 0 Å². The normalized spacial score (nSPS) is 32.1. The minimum atomic E-state index is 0.431. The van der Waals surface area contributed by atoms with E-state index in [0.29, 0.717) is 23.8 Å². The fraction of sp³-hybridized carbons (Fsp3) is 0.583. The van der Waals surface area contributed by atoms with Gasteiger partial charge in [-0.3, -0.25) is 0 Å². The van der Waals surface area contributed by atoms with Crippen LogP contribution in [0.1, 0.15) is 6.42 Å². The molecule has 4 rings (SSSR count). The molecule has 1 aromatic heterocycles. The first-order valence-corrected chi connectivity index (χ1v) is 5.78. The molecule has 1 aromatic rings. The first-order valence-electron chi connectivity index (χ1n) is 5.78. The maximum atomic E-state index is 6.06. The maximum Gasteiger partial charge on any atom is 0.214 e. The molecule has 0 radical (unpaired) electrons. The van der Waals surface area contributed by atoms with Crippen molar-refractivity contribution >= 4 is 5.69 Å². The number of rotatable bonds is 2. The van der Waals surface area contributed by atoms with Gasteiger partial charge in [-0.25, -0.2) is 4.98 Å². The van der Waals surface area contributed by atoms with Crippen molar-refractivity contribution in [3.63, 3.8) is 0 Å². The van der Waals surface area contributed by atoms with Crippen molar-refractivity contribution in [1.29, 1.82) is 0 Å². The van der Waals surface area contributed by atoms with E-state index in [0.717, 1.165) is 13.1 Å². The molecule has 2 N–H and O–H groups in total. The Morgan fingerprint density at radius 3 is 2.81 bits per heavy atom. The van der Waals surface area contributed by atoms with Gasteiger partial charge in [-0.1, -0.05) is 0 Å². The molecular formula is C12H17N3O. The summed E-state index contributed by atoms with van der Waals surface area (Å²) in [5.41, 5.74) is 7.26. The van der Waals surface area contributed by atoms with E-state index in [2.05, 4.69) is 9.88 Å². The zero-order valence-electron chi connectivity index (χ0n) is 9.47. The molecule has 1 saturated carbocycles. The number of hydrogen-bond donors (Lipinski definition) is 1. The lowest BCUT2D eigenvalue weighted by atomic mass is 9.66. The second kappa shape index (κ2) is 3.63. The highest BCUT2D eigenvalue weighted by atomic mass is 16.5. The van der Waals surface area contributed by atoms with Gasteiger partial charge in [0, 0.05) is 37.1 Å². The number of nitrogens with zero attached hydrogens (tertiary/aromatic N) is 2. The molecular weight excluding hydrogens is 202 g/mol. The number of pyridine rings is 1. The van der Waals surface area contributed by atoms with Crippen LogP contribution in [0.15, 0.2) is 18.3 Å². The molecule has 2 saturated heterocycles. The summed E-state index contributed by atoms with van der Waals surface area (Å²) >= 11 is 0. The fourth-order valence-corrected chi connectivity index (χ4v) is 2.84. The van der Waals surface area contributed by atoms with Crippen molar-refractivity contribution in [2.45, 2.75) is 12.5 Å². The van der Waals surface area contributed by atoms with E-state index >= 15 is 0 Å². The second-order valence-corrected chi connectivity index (χ2v) is 4.79. The van der Waals surface area contributed by atoms with E-state index in [4.69, 9.17) is 10.5 Å². The van der Waals surface area contributed by atoms with Crippen LogP contribution in [-0.2, 0) is 0 Å². The van der Waals surface area contributed by atoms with Crippen LogP contribution in [0.25, 0.3) is 0 Å². The van der Waals surface area contributed by atoms with Gasteiger partial charge in [0.05, 0.1) is 7.11 Å². The zero-order valence-corrected chi connectivity index (χ0v) is 9.47. The molecule has 0 aromatic carbocycles. The number of hydrogen-bond acceptors (Lipinski definition) is 4. The fourth-order valence-electron chi connectivity index (χ4n) is 2.84. The average molecular weight is 219 g/mol. The summed E-state index contributed by atoms with van der Waals surface area (Å²) in [6.45, 7) is 2.15. The van der Waals surface area contributed by atoms with Crippen molar-refractivity contribution < 1.29 is 4.74 Å². The van der Waals surface area contributed by atoms with Crippen LogP contribution >= 0.6 is 0 Å². The number of aromatic nitrogens is 1. The van der Waals surface area contributed by atoms with E-state index in [1.54, 1.807) is 13.3 Å². The van der Waals surface area contributed by atoms with Crippen molar-refractivity contribution in [1.82, 2.24) is 4.98 Å². The van der Waals surface area contributed by atoms with Gasteiger partial charge in [-0.2, -0.15) is 0 Å². The lowest BCUT2D eigenvalue weighted by molar-refractivity contribution is 0.116. The number of ether oxygens (including phenoxy) is 1. The van der Waals surface area contributed by atoms with Gasteiger partial charge in [0.2, 0.25) is 5.88 Å². The summed E-state index contributed by atoms with van der Waals surface area (Å²) in [5.74, 6) is 2.04. The SMILES string of the molecule is COc1cc(N2C[C@H]3C[C@@H](C2)C3N)ccn1. The van der Waals surface area contributed by atoms with E-state index in [9.17, 15) is 0 Å². The first kappa shape index (κ1) is 9.90. The standard InChI is InChI=1S/C12H17N3O/c1-16-11-5-10(2-3-14-11)15-6-8-4-9(7-15)12(8)13/h2-3,5,8-9,12H,4,6-7,13H2,1H3/t8-,9+,12?. The van der Waals surface area contributed by atoms with Crippen LogP contribution in [0.3, 0.4) is 0 Å². The van der Waals surface area contributed by atoms with Gasteiger partial charge in [-0.15, -0.1) is 0 Å². The highest BCUT2D eigenvalue weighted by Crippen LogP contribution is 2.40. The number of methoxy groups -OCH3 is 1. The molecule has 1 unspecified atom stereocenters. The summed E-state index contributed by atoms with van der Waals surface area (Å²) in [5, 5.41) is 0. The molecule has 0 amide bonds. The molecule has 16 heavy (non-hydrogen) atoms. The van der Waals surface area contributed by atoms with Crippen LogP contribution in [0.5, 0.6) is 5.88 Å². The van der Waals surface area contributed by atoms with Crippen LogP contribution in [-0.4, -0.2) is 31.2 Å². The topological polar surface area (TPSA) is 51.4 Å². The Morgan fingerprint density at radius 1 is 1.44 bits per heavy atom. The Hall–Kier alpha value is -1.29. The number of nitrogens with two attached hydrogens (primary N) is 1. The highest BCUT2D eigenvalue weighted by Gasteiger charge is 2.44. The Bertz CT molecular complexity index is 384. The van der Waals surface area contributed by atoms with Gasteiger partial charge in [0.1, 0.15) is 0 Å². The minimum Gasteiger partial charge on any atom is -0.481 e. The lowest BCUT2D eigenvalue weighted by Gasteiger charge is -2.52. The first-order chi connectivity index (χ1) is 7.78. The van der Waals surface area contributed by atoms with Crippen molar-refractivity contribution in [3.8, 4) is 5.88 Å². The predicted octanol–water partition coefficient (Wildman–Crippen LogP) is 0.874. The largest absolute Gasteiger partial charge is 0.481 e. The summed E-state index contributed by atoms with van der Waals surface area (Å²) in [6, 6.07) is 4.47. The maximum absolute atomic E-state index is 6.06. The molecule has 4 heteroatoms. The average Bonchev–Trinajstić information content (AvgIpc) is 2.38. The molecule has 3 fully saturated rings. The Labute approximate surface area is 95.4 Å². The molecule has 2 aliphatic heterocycles. The van der Waals surface area contributed by atoms with Crippen LogP contribution in [0, 0.1) is 11.8 Å². The third-order valence-corrected chi connectivity index (χ3v) is 3.90. The van der Waals surface area contributed by atoms with Crippen molar-refractivity contribution in [3.05, 3.63) is 18.3 Å². The third-order valence-electron chi connectivity index (χ3n) is 3.90. The molecule has 2 bridgehead atoms. The monoisotopic (exact) mass is 219 g/mol.